The lowest BCUT2D eigenvalue weighted by atomic mass is 10.1. The van der Waals surface area contributed by atoms with Crippen molar-refractivity contribution in [2.24, 2.45) is 5.84 Å². The first-order valence-corrected chi connectivity index (χ1v) is 6.92. The Bertz CT molecular complexity index is 533. The first-order valence-electron chi connectivity index (χ1n) is 6.92. The molecular weight excluding hydrogens is 252 g/mol. The molecule has 0 saturated heterocycles. The summed E-state index contributed by atoms with van der Waals surface area (Å²) in [5.41, 5.74) is 5.51. The Labute approximate surface area is 119 Å². The number of rotatable bonds is 6. The number of aryl methyl sites for hydroxylation is 1. The van der Waals surface area contributed by atoms with Crippen LogP contribution in [0.5, 0.6) is 0 Å². The molecule has 0 aliphatic heterocycles. The van der Waals surface area contributed by atoms with Crippen LogP contribution in [0.4, 0.5) is 0 Å². The van der Waals surface area contributed by atoms with E-state index >= 15 is 0 Å². The fraction of sp³-hybridized carbons (Fsp3) is 0.500. The van der Waals surface area contributed by atoms with Gasteiger partial charge in [-0.15, -0.1) is 0 Å². The lowest BCUT2D eigenvalue weighted by molar-refractivity contribution is 0.465. The highest BCUT2D eigenvalue weighted by Crippen LogP contribution is 2.16. The van der Waals surface area contributed by atoms with Crippen LogP contribution in [0.15, 0.2) is 24.7 Å². The summed E-state index contributed by atoms with van der Waals surface area (Å²) in [7, 11) is 0. The van der Waals surface area contributed by atoms with Gasteiger partial charge in [0.05, 0.1) is 29.3 Å². The Hall–Kier alpha value is -1.79. The number of hydrogen-bond donors (Lipinski definition) is 2. The largest absolute Gasteiger partial charge is 0.271 e. The summed E-state index contributed by atoms with van der Waals surface area (Å²) in [6, 6.07) is 2.36. The molecule has 3 N–H and O–H groups in total. The van der Waals surface area contributed by atoms with Crippen LogP contribution in [0, 0.1) is 6.92 Å². The van der Waals surface area contributed by atoms with Gasteiger partial charge in [0.25, 0.3) is 0 Å². The van der Waals surface area contributed by atoms with E-state index in [0.717, 1.165) is 23.5 Å². The van der Waals surface area contributed by atoms with Gasteiger partial charge >= 0.3 is 0 Å². The highest BCUT2D eigenvalue weighted by Gasteiger charge is 2.14. The van der Waals surface area contributed by atoms with Crippen LogP contribution >= 0.6 is 0 Å². The molecule has 0 aliphatic carbocycles. The third-order valence-electron chi connectivity index (χ3n) is 3.48. The van der Waals surface area contributed by atoms with Gasteiger partial charge in [-0.2, -0.15) is 5.10 Å². The molecular formula is C14H22N6. The lowest BCUT2D eigenvalue weighted by Crippen LogP contribution is -2.30. The number of nitrogens with zero attached hydrogens (tertiary/aromatic N) is 4. The van der Waals surface area contributed by atoms with Crippen LogP contribution in [-0.2, 0) is 6.42 Å². The van der Waals surface area contributed by atoms with Gasteiger partial charge in [0.1, 0.15) is 0 Å². The quantitative estimate of drug-likeness (QED) is 0.619. The molecule has 20 heavy (non-hydrogen) atoms. The van der Waals surface area contributed by atoms with Gasteiger partial charge < -0.3 is 0 Å². The highest BCUT2D eigenvalue weighted by molar-refractivity contribution is 5.11. The number of aromatic nitrogens is 4. The minimum atomic E-state index is -0.0802. The maximum Gasteiger partial charge on any atom is 0.0773 e. The van der Waals surface area contributed by atoms with Gasteiger partial charge in [0.15, 0.2) is 0 Å². The molecule has 0 radical (unpaired) electrons. The molecule has 0 spiro atoms. The van der Waals surface area contributed by atoms with Crippen LogP contribution in [0.1, 0.15) is 49.4 Å². The Morgan fingerprint density at radius 2 is 2.15 bits per heavy atom. The molecule has 108 valence electrons. The number of nitrogens with one attached hydrogen (secondary N) is 1. The molecule has 6 heteroatoms. The zero-order valence-corrected chi connectivity index (χ0v) is 12.2. The Morgan fingerprint density at radius 3 is 2.75 bits per heavy atom. The summed E-state index contributed by atoms with van der Waals surface area (Å²) < 4.78 is 1.99. The maximum atomic E-state index is 5.63. The molecule has 0 aromatic carbocycles. The zero-order valence-electron chi connectivity index (χ0n) is 12.2. The van der Waals surface area contributed by atoms with E-state index in [0.29, 0.717) is 12.5 Å². The summed E-state index contributed by atoms with van der Waals surface area (Å²) in [6.45, 7) is 6.22. The van der Waals surface area contributed by atoms with E-state index in [1.165, 1.54) is 0 Å². The predicted molar refractivity (Wildman–Crippen MR) is 77.8 cm³/mol. The Morgan fingerprint density at radius 1 is 1.35 bits per heavy atom. The molecule has 2 atom stereocenters. The van der Waals surface area contributed by atoms with E-state index in [4.69, 9.17) is 5.84 Å². The number of nitrogens with two attached hydrogens (primary N) is 1. The monoisotopic (exact) mass is 274 g/mol. The lowest BCUT2D eigenvalue weighted by Gasteiger charge is -2.14. The second-order valence-electron chi connectivity index (χ2n) is 5.05. The minimum absolute atomic E-state index is 0.0802. The average Bonchev–Trinajstić information content (AvgIpc) is 2.93. The minimum Gasteiger partial charge on any atom is -0.271 e. The summed E-state index contributed by atoms with van der Waals surface area (Å²) in [5.74, 6) is 5.63. The van der Waals surface area contributed by atoms with Crippen LogP contribution in [0.3, 0.4) is 0 Å². The molecule has 0 amide bonds. The highest BCUT2D eigenvalue weighted by atomic mass is 15.3. The summed E-state index contributed by atoms with van der Waals surface area (Å²) >= 11 is 0. The standard InChI is InChI=1S/C14H22N6/c1-4-11(3)20-6-5-12(19-20)7-13(18-15)14-9-16-10(2)8-17-14/h5-6,8-9,11,13,18H,4,7,15H2,1-3H3. The van der Waals surface area contributed by atoms with Crippen molar-refractivity contribution in [3.05, 3.63) is 41.7 Å². The second-order valence-corrected chi connectivity index (χ2v) is 5.05. The molecule has 0 saturated carbocycles. The topological polar surface area (TPSA) is 81.7 Å². The van der Waals surface area contributed by atoms with Crippen molar-refractivity contribution in [3.8, 4) is 0 Å². The maximum absolute atomic E-state index is 5.63. The molecule has 2 aromatic rings. The fourth-order valence-corrected chi connectivity index (χ4v) is 1.96. The van der Waals surface area contributed by atoms with Crippen LogP contribution in [-0.4, -0.2) is 19.7 Å². The fourth-order valence-electron chi connectivity index (χ4n) is 1.96. The summed E-state index contributed by atoms with van der Waals surface area (Å²) in [5, 5.41) is 4.58. The van der Waals surface area contributed by atoms with Crippen LogP contribution in [0.2, 0.25) is 0 Å². The zero-order chi connectivity index (χ0) is 14.5. The summed E-state index contributed by atoms with van der Waals surface area (Å²) in [4.78, 5) is 8.62. The Balaban J connectivity index is 2.10. The molecule has 2 aromatic heterocycles. The van der Waals surface area contributed by atoms with Crippen molar-refractivity contribution >= 4 is 0 Å². The summed E-state index contributed by atoms with van der Waals surface area (Å²) in [6.07, 6.45) is 7.27. The van der Waals surface area contributed by atoms with E-state index < -0.39 is 0 Å². The van der Waals surface area contributed by atoms with Crippen molar-refractivity contribution in [2.75, 3.05) is 0 Å². The molecule has 0 bridgehead atoms. The number of hydrogen-bond acceptors (Lipinski definition) is 5. The molecule has 0 aliphatic rings. The predicted octanol–water partition coefficient (Wildman–Crippen LogP) is 1.70. The molecule has 6 nitrogen and oxygen atoms in total. The SMILES string of the molecule is CCC(C)n1ccc(CC(NN)c2cnc(C)cn2)n1. The van der Waals surface area contributed by atoms with E-state index in [2.05, 4.69) is 34.3 Å². The normalized spacial score (nSPS) is 14.2. The van der Waals surface area contributed by atoms with Crippen LogP contribution < -0.4 is 11.3 Å². The van der Waals surface area contributed by atoms with Gasteiger partial charge in [-0.3, -0.25) is 25.9 Å². The van der Waals surface area contributed by atoms with E-state index in [9.17, 15) is 0 Å². The third-order valence-corrected chi connectivity index (χ3v) is 3.48. The molecule has 0 fully saturated rings. The van der Waals surface area contributed by atoms with Gasteiger partial charge in [0.2, 0.25) is 0 Å². The molecule has 2 unspecified atom stereocenters. The van der Waals surface area contributed by atoms with E-state index in [-0.39, 0.29) is 6.04 Å². The van der Waals surface area contributed by atoms with Crippen molar-refractivity contribution < 1.29 is 0 Å². The van der Waals surface area contributed by atoms with Gasteiger partial charge in [-0.25, -0.2) is 0 Å². The van der Waals surface area contributed by atoms with E-state index in [1.807, 2.05) is 23.9 Å². The van der Waals surface area contributed by atoms with Crippen molar-refractivity contribution in [1.29, 1.82) is 0 Å². The first-order chi connectivity index (χ1) is 9.63. The second kappa shape index (κ2) is 6.58. The molecule has 2 rings (SSSR count). The van der Waals surface area contributed by atoms with Crippen molar-refractivity contribution in [3.63, 3.8) is 0 Å². The first kappa shape index (κ1) is 14.6. The molecule has 2 heterocycles. The van der Waals surface area contributed by atoms with Crippen molar-refractivity contribution in [1.82, 2.24) is 25.2 Å². The Kier molecular flexibility index (Phi) is 4.81. The third kappa shape index (κ3) is 3.40. The van der Waals surface area contributed by atoms with E-state index in [1.54, 1.807) is 12.4 Å². The average molecular weight is 274 g/mol. The van der Waals surface area contributed by atoms with Gasteiger partial charge in [-0.1, -0.05) is 6.92 Å². The van der Waals surface area contributed by atoms with Crippen molar-refractivity contribution in [2.45, 2.75) is 45.7 Å². The van der Waals surface area contributed by atoms with Gasteiger partial charge in [-0.05, 0) is 26.3 Å². The smallest absolute Gasteiger partial charge is 0.0773 e. The number of hydrazine groups is 1. The van der Waals surface area contributed by atoms with Crippen LogP contribution in [0.25, 0.3) is 0 Å². The van der Waals surface area contributed by atoms with Gasteiger partial charge in [0, 0.05) is 24.9 Å².